The third-order valence-corrected chi connectivity index (χ3v) is 7.78. The minimum absolute atomic E-state index is 0.260. The molecule has 3 aliphatic heterocycles. The van der Waals surface area contributed by atoms with Crippen LogP contribution in [0.25, 0.3) is 21.9 Å². The fraction of sp³-hybridized carbons (Fsp3) is 0.500. The second-order valence-corrected chi connectivity index (χ2v) is 9.78. The summed E-state index contributed by atoms with van der Waals surface area (Å²) in [5, 5.41) is 6.71. The molecule has 0 unspecified atom stereocenters. The monoisotopic (exact) mass is 447 g/mol. The molecule has 6 rings (SSSR count). The smallest absolute Gasteiger partial charge is 0.152 e. The highest BCUT2D eigenvalue weighted by atomic mass is 19.1. The molecule has 2 saturated heterocycles. The Balaban J connectivity index is 1.22. The van der Waals surface area contributed by atoms with Gasteiger partial charge in [0.2, 0.25) is 0 Å². The summed E-state index contributed by atoms with van der Waals surface area (Å²) < 4.78 is 14.9. The topological polar surface area (TPSA) is 54.3 Å². The molecule has 7 heteroatoms. The minimum atomic E-state index is -0.326. The molecule has 2 aromatic heterocycles. The van der Waals surface area contributed by atoms with Gasteiger partial charge in [0, 0.05) is 54.6 Å². The van der Waals surface area contributed by atoms with E-state index >= 15 is 0 Å². The summed E-state index contributed by atoms with van der Waals surface area (Å²) in [6.07, 6.45) is 9.18. The Morgan fingerprint density at radius 3 is 2.64 bits per heavy atom. The Bertz CT molecular complexity index is 1170. The molecule has 0 spiro atoms. The number of aromatic nitrogens is 3. The summed E-state index contributed by atoms with van der Waals surface area (Å²) in [4.78, 5) is 21.9. The fourth-order valence-electron chi connectivity index (χ4n) is 6.04. The van der Waals surface area contributed by atoms with Gasteiger partial charge in [0.25, 0.3) is 0 Å². The number of rotatable bonds is 7. The second kappa shape index (κ2) is 8.61. The van der Waals surface area contributed by atoms with Crippen molar-refractivity contribution in [3.63, 3.8) is 0 Å². The van der Waals surface area contributed by atoms with Gasteiger partial charge in [-0.15, -0.1) is 0 Å². The molecule has 0 atom stereocenters. The summed E-state index contributed by atoms with van der Waals surface area (Å²) in [7, 11) is 0. The molecule has 33 heavy (non-hydrogen) atoms. The van der Waals surface area contributed by atoms with Crippen LogP contribution < -0.4 is 0 Å². The van der Waals surface area contributed by atoms with E-state index in [1.165, 1.54) is 25.7 Å². The molecule has 172 valence electrons. The number of carbonyl (C=O) groups is 1. The zero-order valence-corrected chi connectivity index (χ0v) is 18.9. The van der Waals surface area contributed by atoms with Gasteiger partial charge in [0.1, 0.15) is 6.67 Å². The van der Waals surface area contributed by atoms with E-state index in [4.69, 9.17) is 0 Å². The highest BCUT2D eigenvalue weighted by Gasteiger charge is 2.39. The van der Waals surface area contributed by atoms with E-state index in [2.05, 4.69) is 44.1 Å². The maximum atomic E-state index is 12.9. The average Bonchev–Trinajstić information content (AvgIpc) is 3.53. The maximum absolute atomic E-state index is 12.9. The maximum Gasteiger partial charge on any atom is 0.152 e. The second-order valence-electron chi connectivity index (χ2n) is 9.78. The van der Waals surface area contributed by atoms with Gasteiger partial charge < -0.3 is 0 Å². The third kappa shape index (κ3) is 3.97. The predicted molar refractivity (Wildman–Crippen MR) is 126 cm³/mol. The summed E-state index contributed by atoms with van der Waals surface area (Å²) in [5.74, 6) is 0.260. The molecule has 5 heterocycles. The van der Waals surface area contributed by atoms with E-state index in [-0.39, 0.29) is 12.5 Å². The van der Waals surface area contributed by atoms with Crippen molar-refractivity contribution in [3.8, 4) is 11.1 Å². The van der Waals surface area contributed by atoms with Crippen molar-refractivity contribution >= 4 is 16.6 Å². The van der Waals surface area contributed by atoms with Crippen LogP contribution in [0.5, 0.6) is 0 Å². The number of ketones is 1. The van der Waals surface area contributed by atoms with Crippen molar-refractivity contribution in [3.05, 3.63) is 48.0 Å². The lowest BCUT2D eigenvalue weighted by Gasteiger charge is -2.27. The molecule has 1 aromatic carbocycles. The van der Waals surface area contributed by atoms with Crippen LogP contribution in [-0.4, -0.2) is 68.7 Å². The molecule has 0 radical (unpaired) electrons. The standard InChI is InChI=1S/C26H30FN5O/c27-7-8-30-9-10-32-26(17-30)25(15-29-32)18-1-2-19-14-28-21(12-20(19)11-18)13-24(33)16-31-22-3-4-23(31)6-5-22/h1-2,11-12,14-15,22-23H,3-10,13,16-17H2. The quantitative estimate of drug-likeness (QED) is 0.554. The highest BCUT2D eigenvalue weighted by Crippen LogP contribution is 2.37. The van der Waals surface area contributed by atoms with Gasteiger partial charge in [0.05, 0.1) is 31.4 Å². The number of fused-ring (bicyclic) bond motifs is 4. The third-order valence-electron chi connectivity index (χ3n) is 7.78. The normalized spacial score (nSPS) is 22.8. The highest BCUT2D eigenvalue weighted by molar-refractivity contribution is 5.89. The van der Waals surface area contributed by atoms with Crippen LogP contribution in [-0.2, 0) is 24.3 Å². The van der Waals surface area contributed by atoms with Crippen molar-refractivity contribution in [2.75, 3.05) is 26.3 Å². The molecule has 0 saturated carbocycles. The lowest BCUT2D eigenvalue weighted by atomic mass is 10.0. The van der Waals surface area contributed by atoms with Gasteiger partial charge >= 0.3 is 0 Å². The molecule has 2 bridgehead atoms. The molecular weight excluding hydrogens is 417 g/mol. The van der Waals surface area contributed by atoms with Crippen molar-refractivity contribution < 1.29 is 9.18 Å². The van der Waals surface area contributed by atoms with Crippen LogP contribution in [0.3, 0.4) is 0 Å². The molecule has 3 aromatic rings. The fourth-order valence-corrected chi connectivity index (χ4v) is 6.04. The Labute approximate surface area is 193 Å². The van der Waals surface area contributed by atoms with Gasteiger partial charge in [-0.3, -0.25) is 24.3 Å². The van der Waals surface area contributed by atoms with Gasteiger partial charge in [-0.25, -0.2) is 4.39 Å². The van der Waals surface area contributed by atoms with Gasteiger partial charge in [-0.05, 0) is 48.8 Å². The molecule has 2 fully saturated rings. The number of alkyl halides is 1. The van der Waals surface area contributed by atoms with E-state index < -0.39 is 0 Å². The molecule has 6 nitrogen and oxygen atoms in total. The van der Waals surface area contributed by atoms with E-state index in [1.807, 2.05) is 17.1 Å². The lowest BCUT2D eigenvalue weighted by molar-refractivity contribution is -0.119. The van der Waals surface area contributed by atoms with Gasteiger partial charge in [-0.2, -0.15) is 5.10 Å². The van der Waals surface area contributed by atoms with E-state index in [0.29, 0.717) is 38.1 Å². The van der Waals surface area contributed by atoms with Crippen LogP contribution in [0.2, 0.25) is 0 Å². The average molecular weight is 448 g/mol. The van der Waals surface area contributed by atoms with Crippen LogP contribution in [0.1, 0.15) is 37.1 Å². The Morgan fingerprint density at radius 1 is 1.03 bits per heavy atom. The van der Waals surface area contributed by atoms with E-state index in [1.54, 1.807) is 0 Å². The van der Waals surface area contributed by atoms with Crippen LogP contribution in [0.15, 0.2) is 36.7 Å². The van der Waals surface area contributed by atoms with Crippen LogP contribution in [0, 0.1) is 0 Å². The number of nitrogens with zero attached hydrogens (tertiary/aromatic N) is 5. The molecular formula is C26H30FN5O. The number of benzene rings is 1. The van der Waals surface area contributed by atoms with E-state index in [0.717, 1.165) is 46.4 Å². The first-order chi connectivity index (χ1) is 16.2. The van der Waals surface area contributed by atoms with Crippen LogP contribution >= 0.6 is 0 Å². The number of hydrogen-bond donors (Lipinski definition) is 0. The van der Waals surface area contributed by atoms with Crippen molar-refractivity contribution in [1.29, 1.82) is 0 Å². The minimum Gasteiger partial charge on any atom is -0.298 e. The predicted octanol–water partition coefficient (Wildman–Crippen LogP) is 3.62. The van der Waals surface area contributed by atoms with E-state index in [9.17, 15) is 9.18 Å². The number of hydrogen-bond acceptors (Lipinski definition) is 5. The Morgan fingerprint density at radius 2 is 1.85 bits per heavy atom. The first-order valence-corrected chi connectivity index (χ1v) is 12.2. The number of pyridine rings is 1. The number of carbonyl (C=O) groups excluding carboxylic acids is 1. The summed E-state index contributed by atoms with van der Waals surface area (Å²) in [5.41, 5.74) is 4.17. The summed E-state index contributed by atoms with van der Waals surface area (Å²) >= 11 is 0. The molecule has 3 aliphatic rings. The van der Waals surface area contributed by atoms with Gasteiger partial charge in [-0.1, -0.05) is 12.1 Å². The van der Waals surface area contributed by atoms with Crippen molar-refractivity contribution in [1.82, 2.24) is 24.6 Å². The number of halogens is 1. The van der Waals surface area contributed by atoms with Crippen molar-refractivity contribution in [2.24, 2.45) is 0 Å². The summed E-state index contributed by atoms with van der Waals surface area (Å²) in [6.45, 7) is 3.03. The molecule has 0 N–H and O–H groups in total. The zero-order valence-electron chi connectivity index (χ0n) is 18.9. The van der Waals surface area contributed by atoms with Crippen molar-refractivity contribution in [2.45, 2.75) is 57.3 Å². The summed E-state index contributed by atoms with van der Waals surface area (Å²) in [6, 6.07) is 9.64. The number of Topliss-reactive ketones (excluding diaryl/α,β-unsaturated/α-hetero) is 1. The Kier molecular flexibility index (Phi) is 5.46. The lowest BCUT2D eigenvalue weighted by Crippen LogP contribution is -2.35. The zero-order chi connectivity index (χ0) is 22.4. The molecule has 0 aliphatic carbocycles. The Hall–Kier alpha value is -2.64. The molecule has 0 amide bonds. The first kappa shape index (κ1) is 20.9. The largest absolute Gasteiger partial charge is 0.298 e. The first-order valence-electron chi connectivity index (χ1n) is 12.2. The van der Waals surface area contributed by atoms with Gasteiger partial charge in [0.15, 0.2) is 5.78 Å². The SMILES string of the molecule is O=C(Cc1cc2cc(-c3cnn4c3CN(CCF)CC4)ccc2cn1)CN1C2CCC1CC2. The van der Waals surface area contributed by atoms with Crippen LogP contribution in [0.4, 0.5) is 4.39 Å².